The molecule has 29 heavy (non-hydrogen) atoms. The molecule has 0 aliphatic rings. The summed E-state index contributed by atoms with van der Waals surface area (Å²) in [5.74, 6) is -0.237. The average molecular weight is 402 g/mol. The zero-order valence-corrected chi connectivity index (χ0v) is 17.5. The molecule has 3 N–H and O–H groups in total. The van der Waals surface area contributed by atoms with Crippen molar-refractivity contribution >= 4 is 34.3 Å². The molecule has 0 aliphatic carbocycles. The minimum absolute atomic E-state index is 0.0113. The van der Waals surface area contributed by atoms with Gasteiger partial charge in [0.25, 0.3) is 0 Å². The number of anilines is 2. The molecule has 8 heteroatoms. The molecule has 0 radical (unpaired) electrons. The number of amides is 2. The van der Waals surface area contributed by atoms with Crippen LogP contribution >= 0.6 is 0 Å². The van der Waals surface area contributed by atoms with E-state index < -0.39 is 11.7 Å². The maximum absolute atomic E-state index is 12.1. The molecule has 2 aromatic rings. The summed E-state index contributed by atoms with van der Waals surface area (Å²) >= 11 is 0. The van der Waals surface area contributed by atoms with Crippen molar-refractivity contribution in [2.45, 2.75) is 39.7 Å². The van der Waals surface area contributed by atoms with Crippen molar-refractivity contribution in [1.82, 2.24) is 10.3 Å². The number of alkyl carbamates (subject to hydrolysis) is 1. The number of para-hydroxylation sites is 1. The van der Waals surface area contributed by atoms with E-state index in [-0.39, 0.29) is 12.5 Å². The van der Waals surface area contributed by atoms with Crippen molar-refractivity contribution in [1.29, 1.82) is 0 Å². The van der Waals surface area contributed by atoms with E-state index in [0.717, 1.165) is 16.6 Å². The zero-order valence-electron chi connectivity index (χ0n) is 17.5. The minimum atomic E-state index is -0.521. The van der Waals surface area contributed by atoms with E-state index in [1.165, 1.54) is 0 Å². The van der Waals surface area contributed by atoms with Crippen molar-refractivity contribution in [2.24, 2.45) is 0 Å². The van der Waals surface area contributed by atoms with Crippen molar-refractivity contribution < 1.29 is 19.1 Å². The topological polar surface area (TPSA) is 102 Å². The van der Waals surface area contributed by atoms with Gasteiger partial charge in [0.1, 0.15) is 12.2 Å². The highest BCUT2D eigenvalue weighted by Gasteiger charge is 2.15. The van der Waals surface area contributed by atoms with E-state index in [4.69, 9.17) is 9.47 Å². The number of pyridine rings is 1. The molecule has 0 fully saturated rings. The van der Waals surface area contributed by atoms with Gasteiger partial charge in [-0.05, 0) is 40.2 Å². The van der Waals surface area contributed by atoms with Gasteiger partial charge in [-0.2, -0.15) is 0 Å². The van der Waals surface area contributed by atoms with E-state index in [1.54, 1.807) is 6.20 Å². The van der Waals surface area contributed by atoms with Crippen LogP contribution in [0.4, 0.5) is 16.2 Å². The van der Waals surface area contributed by atoms with Crippen molar-refractivity contribution in [2.75, 3.05) is 36.9 Å². The van der Waals surface area contributed by atoms with Crippen LogP contribution in [0, 0.1) is 0 Å². The second kappa shape index (κ2) is 10.6. The van der Waals surface area contributed by atoms with Crippen LogP contribution in [0.5, 0.6) is 0 Å². The van der Waals surface area contributed by atoms with Crippen LogP contribution in [-0.4, -0.2) is 48.9 Å². The second-order valence-electron chi connectivity index (χ2n) is 7.46. The molecule has 158 valence electrons. The van der Waals surface area contributed by atoms with Gasteiger partial charge in [-0.3, -0.25) is 9.78 Å². The Balaban J connectivity index is 1.99. The number of rotatable bonds is 9. The third-order valence-electron chi connectivity index (χ3n) is 3.81. The molecule has 2 rings (SSSR count). The molecule has 1 aromatic carbocycles. The quantitative estimate of drug-likeness (QED) is 0.555. The Morgan fingerprint density at radius 2 is 1.90 bits per heavy atom. The van der Waals surface area contributed by atoms with Crippen molar-refractivity contribution in [3.63, 3.8) is 0 Å². The zero-order chi connectivity index (χ0) is 21.3. The Hall–Kier alpha value is -2.87. The van der Waals surface area contributed by atoms with Crippen LogP contribution in [0.3, 0.4) is 0 Å². The van der Waals surface area contributed by atoms with Gasteiger partial charge in [-0.15, -0.1) is 0 Å². The largest absolute Gasteiger partial charge is 0.444 e. The minimum Gasteiger partial charge on any atom is -0.444 e. The molecule has 0 bridgehead atoms. The van der Waals surface area contributed by atoms with Crippen LogP contribution in [0.2, 0.25) is 0 Å². The fourth-order valence-electron chi connectivity index (χ4n) is 2.61. The summed E-state index contributed by atoms with van der Waals surface area (Å²) in [7, 11) is 0. The molecule has 0 saturated heterocycles. The fraction of sp³-hybridized carbons (Fsp3) is 0.476. The summed E-state index contributed by atoms with van der Waals surface area (Å²) < 4.78 is 10.4. The van der Waals surface area contributed by atoms with E-state index in [1.807, 2.05) is 52.0 Å². The third kappa shape index (κ3) is 7.57. The van der Waals surface area contributed by atoms with Gasteiger partial charge in [0.05, 0.1) is 23.1 Å². The summed E-state index contributed by atoms with van der Waals surface area (Å²) in [5, 5.41) is 9.83. The maximum Gasteiger partial charge on any atom is 0.407 e. The van der Waals surface area contributed by atoms with E-state index in [0.29, 0.717) is 31.8 Å². The highest BCUT2D eigenvalue weighted by atomic mass is 16.6. The van der Waals surface area contributed by atoms with Crippen LogP contribution < -0.4 is 16.0 Å². The number of carbonyl (C=O) groups excluding carboxylic acids is 2. The number of benzene rings is 1. The molecule has 0 saturated carbocycles. The summed E-state index contributed by atoms with van der Waals surface area (Å²) in [4.78, 5) is 28.2. The first-order valence-electron chi connectivity index (χ1n) is 9.76. The van der Waals surface area contributed by atoms with Gasteiger partial charge >= 0.3 is 6.09 Å². The Morgan fingerprint density at radius 1 is 1.14 bits per heavy atom. The first-order chi connectivity index (χ1) is 13.8. The summed E-state index contributed by atoms with van der Waals surface area (Å²) in [5.41, 5.74) is 1.68. The Labute approximate surface area is 171 Å². The summed E-state index contributed by atoms with van der Waals surface area (Å²) in [6.07, 6.45) is 1.88. The van der Waals surface area contributed by atoms with Crippen molar-refractivity contribution in [3.8, 4) is 0 Å². The number of fused-ring (bicyclic) bond motifs is 1. The maximum atomic E-state index is 12.1. The molecule has 0 aliphatic heterocycles. The van der Waals surface area contributed by atoms with Gasteiger partial charge in [-0.1, -0.05) is 18.2 Å². The lowest BCUT2D eigenvalue weighted by atomic mass is 10.1. The molecule has 1 aromatic heterocycles. The Bertz CT molecular complexity index is 833. The molecule has 8 nitrogen and oxygen atoms in total. The van der Waals surface area contributed by atoms with E-state index >= 15 is 0 Å². The third-order valence-corrected chi connectivity index (χ3v) is 3.81. The number of nitrogens with one attached hydrogen (secondary N) is 3. The van der Waals surface area contributed by atoms with Gasteiger partial charge in [0, 0.05) is 25.1 Å². The van der Waals surface area contributed by atoms with E-state index in [9.17, 15) is 9.59 Å². The second-order valence-corrected chi connectivity index (χ2v) is 7.46. The number of aromatic nitrogens is 1. The molecule has 0 spiro atoms. The predicted molar refractivity (Wildman–Crippen MR) is 114 cm³/mol. The SMILES string of the molecule is CCOCC(=O)Nc1cnc2ccccc2c1NCCCNC(=O)OC(C)(C)C. The molecular weight excluding hydrogens is 372 g/mol. The number of hydrogen-bond acceptors (Lipinski definition) is 6. The highest BCUT2D eigenvalue weighted by Crippen LogP contribution is 2.29. The Kier molecular flexibility index (Phi) is 8.21. The van der Waals surface area contributed by atoms with Gasteiger partial charge in [-0.25, -0.2) is 4.79 Å². The number of carbonyl (C=O) groups is 2. The van der Waals surface area contributed by atoms with Crippen LogP contribution in [0.25, 0.3) is 10.9 Å². The fourth-order valence-corrected chi connectivity index (χ4v) is 2.61. The predicted octanol–water partition coefficient (Wildman–Crippen LogP) is 3.54. The molecule has 2 amide bonds. The normalized spacial score (nSPS) is 11.2. The monoisotopic (exact) mass is 402 g/mol. The lowest BCUT2D eigenvalue weighted by molar-refractivity contribution is -0.120. The molecule has 1 heterocycles. The first kappa shape index (κ1) is 22.4. The van der Waals surface area contributed by atoms with Crippen LogP contribution in [-0.2, 0) is 14.3 Å². The molecular formula is C21H30N4O4. The highest BCUT2D eigenvalue weighted by molar-refractivity contribution is 6.03. The standard InChI is InChI=1S/C21H30N4O4/c1-5-28-14-18(26)25-17-13-24-16-10-7-6-9-15(16)19(17)22-11-8-12-23-20(27)29-21(2,3)4/h6-7,9-10,13H,5,8,11-12,14H2,1-4H3,(H,22,24)(H,23,27)(H,25,26). The van der Waals surface area contributed by atoms with Crippen LogP contribution in [0.1, 0.15) is 34.1 Å². The van der Waals surface area contributed by atoms with Gasteiger partial charge < -0.3 is 25.4 Å². The smallest absolute Gasteiger partial charge is 0.407 e. The average Bonchev–Trinajstić information content (AvgIpc) is 2.65. The van der Waals surface area contributed by atoms with Gasteiger partial charge in [0.15, 0.2) is 0 Å². The van der Waals surface area contributed by atoms with Gasteiger partial charge in [0.2, 0.25) is 5.91 Å². The Morgan fingerprint density at radius 3 is 2.62 bits per heavy atom. The number of ether oxygens (including phenoxy) is 2. The first-order valence-corrected chi connectivity index (χ1v) is 9.76. The van der Waals surface area contributed by atoms with E-state index in [2.05, 4.69) is 20.9 Å². The lowest BCUT2D eigenvalue weighted by Gasteiger charge is -2.20. The summed E-state index contributed by atoms with van der Waals surface area (Å²) in [6.45, 7) is 8.83. The lowest BCUT2D eigenvalue weighted by Crippen LogP contribution is -2.33. The summed E-state index contributed by atoms with van der Waals surface area (Å²) in [6, 6.07) is 7.69. The number of hydrogen-bond donors (Lipinski definition) is 3. The molecule has 0 unspecified atom stereocenters. The van der Waals surface area contributed by atoms with Crippen molar-refractivity contribution in [3.05, 3.63) is 30.5 Å². The number of nitrogens with zero attached hydrogens (tertiary/aromatic N) is 1. The molecule has 0 atom stereocenters. The van der Waals surface area contributed by atoms with Crippen LogP contribution in [0.15, 0.2) is 30.5 Å².